The van der Waals surface area contributed by atoms with Crippen molar-refractivity contribution >= 4 is 28.9 Å². The predicted octanol–water partition coefficient (Wildman–Crippen LogP) is 4.54. The molecule has 4 rings (SSSR count). The molecule has 0 bridgehead atoms. The fourth-order valence-electron chi connectivity index (χ4n) is 3.28. The van der Waals surface area contributed by atoms with Gasteiger partial charge in [-0.05, 0) is 48.4 Å². The minimum atomic E-state index is 0.601. The molecule has 2 heterocycles. The van der Waals surface area contributed by atoms with Gasteiger partial charge in [0.15, 0.2) is 11.2 Å². The highest BCUT2D eigenvalue weighted by atomic mass is 32.1. The zero-order valence-electron chi connectivity index (χ0n) is 14.5. The summed E-state index contributed by atoms with van der Waals surface area (Å²) in [5, 5.41) is 0.601. The Bertz CT molecular complexity index is 1070. The van der Waals surface area contributed by atoms with Crippen molar-refractivity contribution in [2.24, 2.45) is 4.99 Å². The summed E-state index contributed by atoms with van der Waals surface area (Å²) in [6.45, 7) is 2.95. The third kappa shape index (κ3) is 2.89. The van der Waals surface area contributed by atoms with Crippen LogP contribution in [0, 0.1) is 0 Å². The topological polar surface area (TPSA) is 20.6 Å². The quantitative estimate of drug-likeness (QED) is 0.227. The van der Waals surface area contributed by atoms with Gasteiger partial charge in [0.2, 0.25) is 0 Å². The van der Waals surface area contributed by atoms with E-state index >= 15 is 0 Å². The molecule has 0 radical (unpaired) electrons. The number of benzene rings is 2. The summed E-state index contributed by atoms with van der Waals surface area (Å²) in [5.74, 6) is 1.12. The zero-order chi connectivity index (χ0) is 17.9. The number of fused-ring (bicyclic) bond motifs is 1. The maximum Gasteiger partial charge on any atom is 0.294 e. The molecule has 0 saturated carbocycles. The Hall–Kier alpha value is -2.98. The van der Waals surface area contributed by atoms with Crippen LogP contribution < -0.4 is 4.57 Å². The van der Waals surface area contributed by atoms with Crippen molar-refractivity contribution in [3.63, 3.8) is 0 Å². The summed E-state index contributed by atoms with van der Waals surface area (Å²) < 4.78 is 4.44. The lowest BCUT2D eigenvalue weighted by Crippen LogP contribution is -2.39. The van der Waals surface area contributed by atoms with Crippen LogP contribution in [-0.2, 0) is 19.2 Å². The highest BCUT2D eigenvalue weighted by Crippen LogP contribution is 2.23. The summed E-state index contributed by atoms with van der Waals surface area (Å²) in [4.78, 5) is 4.69. The first kappa shape index (κ1) is 16.5. The second kappa shape index (κ2) is 7.10. The highest BCUT2D eigenvalue weighted by Gasteiger charge is 2.25. The summed E-state index contributed by atoms with van der Waals surface area (Å²) in [6, 6.07) is 26.5. The molecule has 0 aliphatic rings. The van der Waals surface area contributed by atoms with Gasteiger partial charge in [-0.15, -0.1) is 0 Å². The van der Waals surface area contributed by atoms with Crippen LogP contribution in [0.2, 0.25) is 0 Å². The molecule has 0 amide bonds. The molecule has 0 aliphatic heterocycles. The molecule has 128 valence electrons. The van der Waals surface area contributed by atoms with Crippen molar-refractivity contribution in [1.82, 2.24) is 4.40 Å². The third-order valence-corrected chi connectivity index (χ3v) is 4.68. The Morgan fingerprint density at radius 1 is 0.923 bits per heavy atom. The molecular formula is C22H19N3S. The molecule has 2 aromatic carbocycles. The van der Waals surface area contributed by atoms with Gasteiger partial charge in [-0.2, -0.15) is 4.40 Å². The largest absolute Gasteiger partial charge is 0.756 e. The lowest BCUT2D eigenvalue weighted by atomic mass is 10.2. The molecule has 3 nitrogen and oxygen atoms in total. The van der Waals surface area contributed by atoms with Gasteiger partial charge in [-0.1, -0.05) is 42.5 Å². The van der Waals surface area contributed by atoms with E-state index in [1.807, 2.05) is 48.5 Å². The van der Waals surface area contributed by atoms with Crippen LogP contribution in [0.4, 0.5) is 5.69 Å². The van der Waals surface area contributed by atoms with Gasteiger partial charge in [0.25, 0.3) is 5.82 Å². The van der Waals surface area contributed by atoms with E-state index in [0.717, 1.165) is 34.8 Å². The van der Waals surface area contributed by atoms with E-state index in [4.69, 9.17) is 17.6 Å². The molecule has 0 aliphatic carbocycles. The number of hydrogen-bond acceptors (Lipinski definition) is 2. The van der Waals surface area contributed by atoms with Gasteiger partial charge < -0.3 is 12.6 Å². The first-order valence-electron chi connectivity index (χ1n) is 8.69. The minimum absolute atomic E-state index is 0.601. The van der Waals surface area contributed by atoms with Crippen molar-refractivity contribution < 1.29 is 4.57 Å². The number of nitrogens with zero attached hydrogens (tertiary/aromatic N) is 3. The fraction of sp³-hybridized carbons (Fsp3) is 0.0909. The van der Waals surface area contributed by atoms with Gasteiger partial charge in [-0.25, -0.2) is 4.57 Å². The van der Waals surface area contributed by atoms with Crippen molar-refractivity contribution in [2.75, 3.05) is 0 Å². The summed E-state index contributed by atoms with van der Waals surface area (Å²) >= 11 is 5.75. The van der Waals surface area contributed by atoms with Crippen LogP contribution in [0.25, 0.3) is 16.9 Å². The first-order chi connectivity index (χ1) is 12.8. The van der Waals surface area contributed by atoms with Crippen LogP contribution in [0.15, 0.2) is 90.1 Å². The van der Waals surface area contributed by atoms with Gasteiger partial charge >= 0.3 is 0 Å². The number of imidazole rings is 1. The van der Waals surface area contributed by atoms with Crippen LogP contribution in [-0.4, -0.2) is 9.44 Å². The average Bonchev–Trinajstić information content (AvgIpc) is 3.04. The number of aromatic nitrogens is 2. The molecule has 0 unspecified atom stereocenters. The van der Waals surface area contributed by atoms with Gasteiger partial charge in [0.05, 0.1) is 24.0 Å². The second-order valence-corrected chi connectivity index (χ2v) is 6.38. The van der Waals surface area contributed by atoms with Crippen LogP contribution in [0.1, 0.15) is 12.6 Å². The Balaban J connectivity index is 2.00. The number of hydrogen-bond donors (Lipinski definition) is 0. The average molecular weight is 357 g/mol. The van der Waals surface area contributed by atoms with E-state index in [1.54, 1.807) is 0 Å². The number of para-hydroxylation sites is 1. The normalized spacial score (nSPS) is 11.8. The maximum atomic E-state index is 5.75. The van der Waals surface area contributed by atoms with E-state index in [9.17, 15) is 0 Å². The first-order valence-corrected chi connectivity index (χ1v) is 9.10. The summed E-state index contributed by atoms with van der Waals surface area (Å²) in [6.07, 6.45) is 2.08. The number of rotatable bonds is 4. The minimum Gasteiger partial charge on any atom is -0.756 e. The molecule has 0 spiro atoms. The fourth-order valence-corrected chi connectivity index (χ4v) is 3.60. The Morgan fingerprint density at radius 3 is 2.27 bits per heavy atom. The van der Waals surface area contributed by atoms with Crippen molar-refractivity contribution in [1.29, 1.82) is 0 Å². The molecular weight excluding hydrogens is 338 g/mol. The van der Waals surface area contributed by atoms with E-state index in [2.05, 4.69) is 52.4 Å². The van der Waals surface area contributed by atoms with E-state index < -0.39 is 0 Å². The number of aliphatic imine (C=N–C) groups is 1. The molecule has 2 aromatic heterocycles. The van der Waals surface area contributed by atoms with Crippen LogP contribution >= 0.6 is 0 Å². The number of pyridine rings is 1. The smallest absolute Gasteiger partial charge is 0.294 e. The lowest BCUT2D eigenvalue weighted by Gasteiger charge is -2.10. The molecule has 26 heavy (non-hydrogen) atoms. The Morgan fingerprint density at radius 2 is 1.58 bits per heavy atom. The molecule has 0 N–H and O–H groups in total. The van der Waals surface area contributed by atoms with Gasteiger partial charge in [-0.3, -0.25) is 4.99 Å². The summed E-state index contributed by atoms with van der Waals surface area (Å²) in [7, 11) is 0. The van der Waals surface area contributed by atoms with Crippen LogP contribution in [0.3, 0.4) is 0 Å². The van der Waals surface area contributed by atoms with Gasteiger partial charge in [0, 0.05) is 0 Å². The molecule has 4 aromatic rings. The molecule has 4 heteroatoms. The molecule has 0 atom stereocenters. The van der Waals surface area contributed by atoms with Crippen molar-refractivity contribution in [2.45, 2.75) is 13.5 Å². The SMILES string of the molecule is CC[n+]1c(C([S-])=Nc2ccccc2)c2ccccn2c1-c1ccccc1. The van der Waals surface area contributed by atoms with E-state index in [1.165, 1.54) is 0 Å². The highest BCUT2D eigenvalue weighted by molar-refractivity contribution is 7.78. The summed E-state index contributed by atoms with van der Waals surface area (Å²) in [5.41, 5.74) is 4.07. The Labute approximate surface area is 158 Å². The van der Waals surface area contributed by atoms with E-state index in [-0.39, 0.29) is 0 Å². The Kier molecular flexibility index (Phi) is 4.50. The third-order valence-electron chi connectivity index (χ3n) is 4.39. The van der Waals surface area contributed by atoms with E-state index in [0.29, 0.717) is 5.04 Å². The van der Waals surface area contributed by atoms with Gasteiger partial charge in [0.1, 0.15) is 0 Å². The molecule has 0 saturated heterocycles. The van der Waals surface area contributed by atoms with Crippen molar-refractivity contribution in [3.05, 3.63) is 90.8 Å². The van der Waals surface area contributed by atoms with Crippen LogP contribution in [0.5, 0.6) is 0 Å². The molecule has 0 fully saturated rings. The standard InChI is InChI=1S/C22H19N3S/c1-2-24-20(21(26)23-18-13-7-4-8-14-18)19-15-9-10-16-25(19)22(24)17-11-5-3-6-12-17/h3-16H,2H2,1H3. The second-order valence-electron chi connectivity index (χ2n) is 5.99. The predicted molar refractivity (Wildman–Crippen MR) is 109 cm³/mol. The maximum absolute atomic E-state index is 5.75. The zero-order valence-corrected chi connectivity index (χ0v) is 15.4. The lowest BCUT2D eigenvalue weighted by molar-refractivity contribution is -0.682. The van der Waals surface area contributed by atoms with Crippen molar-refractivity contribution in [3.8, 4) is 11.4 Å². The monoisotopic (exact) mass is 357 g/mol.